The third-order valence-electron chi connectivity index (χ3n) is 3.35. The smallest absolute Gasteiger partial charge is 0.318 e. The monoisotopic (exact) mass is 290 g/mol. The minimum atomic E-state index is -0.0705. The summed E-state index contributed by atoms with van der Waals surface area (Å²) in [6, 6.07) is 0.249. The summed E-state index contributed by atoms with van der Waals surface area (Å²) in [5.74, 6) is 0.570. The first-order valence-electron chi connectivity index (χ1n) is 7.25. The Hall–Kier alpha value is -1.98. The van der Waals surface area contributed by atoms with Gasteiger partial charge < -0.3 is 4.74 Å². The molecule has 0 bridgehead atoms. The Morgan fingerprint density at radius 1 is 1.24 bits per heavy atom. The van der Waals surface area contributed by atoms with E-state index in [0.717, 1.165) is 6.42 Å². The van der Waals surface area contributed by atoms with Crippen molar-refractivity contribution in [3.8, 4) is 6.01 Å². The number of nitrogens with zero attached hydrogens (tertiary/aromatic N) is 4. The van der Waals surface area contributed by atoms with Crippen LogP contribution < -0.4 is 10.3 Å². The molecule has 0 aliphatic carbocycles. The van der Waals surface area contributed by atoms with Crippen molar-refractivity contribution in [3.05, 3.63) is 22.2 Å². The van der Waals surface area contributed by atoms with Gasteiger partial charge in [-0.05, 0) is 12.3 Å². The van der Waals surface area contributed by atoms with Crippen LogP contribution in [0.2, 0.25) is 0 Å². The third kappa shape index (κ3) is 3.20. The van der Waals surface area contributed by atoms with Gasteiger partial charge in [-0.15, -0.1) is 0 Å². The molecule has 0 N–H and O–H groups in total. The zero-order valence-electron chi connectivity index (χ0n) is 13.3. The van der Waals surface area contributed by atoms with Gasteiger partial charge in [0, 0.05) is 12.5 Å². The number of methoxy groups -OCH3 is 1. The summed E-state index contributed by atoms with van der Waals surface area (Å²) in [6.45, 7) is 8.82. The molecule has 6 nitrogen and oxygen atoms in total. The van der Waals surface area contributed by atoms with Gasteiger partial charge in [0.2, 0.25) is 0 Å². The van der Waals surface area contributed by atoms with Gasteiger partial charge in [0.15, 0.2) is 5.65 Å². The molecule has 0 amide bonds. The lowest BCUT2D eigenvalue weighted by Crippen LogP contribution is -2.28. The largest absolute Gasteiger partial charge is 0.467 e. The molecule has 21 heavy (non-hydrogen) atoms. The summed E-state index contributed by atoms with van der Waals surface area (Å²) in [5, 5.41) is 0. The van der Waals surface area contributed by atoms with Crippen molar-refractivity contribution >= 4 is 11.2 Å². The van der Waals surface area contributed by atoms with Crippen LogP contribution in [0.15, 0.2) is 11.0 Å². The number of fused-ring (bicyclic) bond motifs is 1. The zero-order chi connectivity index (χ0) is 15.6. The lowest BCUT2D eigenvalue weighted by Gasteiger charge is -2.14. The summed E-state index contributed by atoms with van der Waals surface area (Å²) < 4.78 is 6.75. The molecular weight excluding hydrogens is 268 g/mol. The molecule has 2 rings (SSSR count). The fourth-order valence-corrected chi connectivity index (χ4v) is 2.11. The number of hydrogen-bond donors (Lipinski definition) is 0. The standard InChI is InChI=1S/C15H22N4O2/c1-9(2)6-7-19-13-11(8-16-15(18-13)21-5)17-12(10(3)4)14(19)20/h8-10H,6-7H2,1-5H3. The molecule has 0 saturated carbocycles. The van der Waals surface area contributed by atoms with E-state index in [1.807, 2.05) is 13.8 Å². The molecule has 2 aromatic rings. The highest BCUT2D eigenvalue weighted by atomic mass is 16.5. The average molecular weight is 290 g/mol. The second kappa shape index (κ2) is 6.20. The van der Waals surface area contributed by atoms with Crippen LogP contribution in [0.25, 0.3) is 11.2 Å². The van der Waals surface area contributed by atoms with Crippen molar-refractivity contribution in [1.82, 2.24) is 19.5 Å². The summed E-state index contributed by atoms with van der Waals surface area (Å²) in [6.07, 6.45) is 2.52. The van der Waals surface area contributed by atoms with E-state index in [9.17, 15) is 4.79 Å². The van der Waals surface area contributed by atoms with E-state index in [-0.39, 0.29) is 17.5 Å². The van der Waals surface area contributed by atoms with E-state index in [4.69, 9.17) is 4.74 Å². The van der Waals surface area contributed by atoms with Gasteiger partial charge in [-0.3, -0.25) is 9.36 Å². The first kappa shape index (κ1) is 15.4. The van der Waals surface area contributed by atoms with E-state index in [1.165, 1.54) is 7.11 Å². The van der Waals surface area contributed by atoms with E-state index < -0.39 is 0 Å². The molecule has 114 valence electrons. The first-order valence-corrected chi connectivity index (χ1v) is 7.25. The van der Waals surface area contributed by atoms with Gasteiger partial charge in [0.25, 0.3) is 5.56 Å². The van der Waals surface area contributed by atoms with Gasteiger partial charge >= 0.3 is 6.01 Å². The molecule has 6 heteroatoms. The third-order valence-corrected chi connectivity index (χ3v) is 3.35. The second-order valence-electron chi connectivity index (χ2n) is 5.86. The normalized spacial score (nSPS) is 11.6. The van der Waals surface area contributed by atoms with Crippen molar-refractivity contribution in [2.24, 2.45) is 5.92 Å². The number of rotatable bonds is 5. The van der Waals surface area contributed by atoms with E-state index >= 15 is 0 Å². The number of aryl methyl sites for hydroxylation is 1. The Kier molecular flexibility index (Phi) is 4.55. The maximum absolute atomic E-state index is 12.6. The topological polar surface area (TPSA) is 69.9 Å². The summed E-state index contributed by atoms with van der Waals surface area (Å²) in [5.41, 5.74) is 1.65. The maximum Gasteiger partial charge on any atom is 0.318 e. The van der Waals surface area contributed by atoms with Crippen LogP contribution in [0.4, 0.5) is 0 Å². The summed E-state index contributed by atoms with van der Waals surface area (Å²) in [4.78, 5) is 25.4. The van der Waals surface area contributed by atoms with Crippen molar-refractivity contribution < 1.29 is 4.74 Å². The van der Waals surface area contributed by atoms with Crippen molar-refractivity contribution in [1.29, 1.82) is 0 Å². The summed E-state index contributed by atoms with van der Waals surface area (Å²) in [7, 11) is 1.51. The molecule has 2 aromatic heterocycles. The van der Waals surface area contributed by atoms with Gasteiger partial charge in [-0.1, -0.05) is 27.7 Å². The predicted octanol–water partition coefficient (Wildman–Crippen LogP) is 2.36. The minimum Gasteiger partial charge on any atom is -0.467 e. The Bertz CT molecular complexity index is 692. The second-order valence-corrected chi connectivity index (χ2v) is 5.86. The molecule has 0 radical (unpaired) electrons. The highest BCUT2D eigenvalue weighted by molar-refractivity contribution is 5.69. The van der Waals surface area contributed by atoms with Gasteiger partial charge in [-0.25, -0.2) is 9.97 Å². The maximum atomic E-state index is 12.6. The lowest BCUT2D eigenvalue weighted by atomic mass is 10.1. The van der Waals surface area contributed by atoms with E-state index in [1.54, 1.807) is 10.8 Å². The van der Waals surface area contributed by atoms with Crippen LogP contribution in [0.1, 0.15) is 45.7 Å². The van der Waals surface area contributed by atoms with Gasteiger partial charge in [0.1, 0.15) is 11.2 Å². The van der Waals surface area contributed by atoms with Crippen molar-refractivity contribution in [3.63, 3.8) is 0 Å². The van der Waals surface area contributed by atoms with E-state index in [0.29, 0.717) is 29.3 Å². The van der Waals surface area contributed by atoms with Crippen LogP contribution in [0, 0.1) is 5.92 Å². The molecule has 2 heterocycles. The average Bonchev–Trinajstić information content (AvgIpc) is 2.44. The molecular formula is C15H22N4O2. The fourth-order valence-electron chi connectivity index (χ4n) is 2.11. The molecule has 0 saturated heterocycles. The number of ether oxygens (including phenoxy) is 1. The fraction of sp³-hybridized carbons (Fsp3) is 0.600. The lowest BCUT2D eigenvalue weighted by molar-refractivity contribution is 0.380. The first-order chi connectivity index (χ1) is 9.93. The Morgan fingerprint density at radius 3 is 2.52 bits per heavy atom. The number of hydrogen-bond acceptors (Lipinski definition) is 5. The highest BCUT2D eigenvalue weighted by Crippen LogP contribution is 2.15. The highest BCUT2D eigenvalue weighted by Gasteiger charge is 2.16. The Morgan fingerprint density at radius 2 is 1.95 bits per heavy atom. The molecule has 0 fully saturated rings. The van der Waals surface area contributed by atoms with Crippen LogP contribution in [0.3, 0.4) is 0 Å². The van der Waals surface area contributed by atoms with Crippen LogP contribution in [-0.4, -0.2) is 26.6 Å². The van der Waals surface area contributed by atoms with Crippen molar-refractivity contribution in [2.45, 2.75) is 46.6 Å². The minimum absolute atomic E-state index is 0.0642. The quantitative estimate of drug-likeness (QED) is 0.845. The zero-order valence-corrected chi connectivity index (χ0v) is 13.3. The van der Waals surface area contributed by atoms with Crippen molar-refractivity contribution in [2.75, 3.05) is 7.11 Å². The Balaban J connectivity index is 2.67. The van der Waals surface area contributed by atoms with Crippen LogP contribution >= 0.6 is 0 Å². The Labute approximate surface area is 124 Å². The SMILES string of the molecule is COc1ncc2nc(C(C)C)c(=O)n(CCC(C)C)c2n1. The molecule has 0 atom stereocenters. The molecule has 0 spiro atoms. The number of aromatic nitrogens is 4. The predicted molar refractivity (Wildman–Crippen MR) is 81.7 cm³/mol. The van der Waals surface area contributed by atoms with Crippen LogP contribution in [0.5, 0.6) is 6.01 Å². The molecule has 0 aromatic carbocycles. The van der Waals surface area contributed by atoms with Crippen LogP contribution in [-0.2, 0) is 6.54 Å². The van der Waals surface area contributed by atoms with E-state index in [2.05, 4.69) is 28.8 Å². The van der Waals surface area contributed by atoms with Gasteiger partial charge in [-0.2, -0.15) is 4.98 Å². The molecule has 0 aliphatic heterocycles. The summed E-state index contributed by atoms with van der Waals surface area (Å²) >= 11 is 0. The van der Waals surface area contributed by atoms with Gasteiger partial charge in [0.05, 0.1) is 13.3 Å². The molecule has 0 aliphatic rings. The molecule has 0 unspecified atom stereocenters.